The van der Waals surface area contributed by atoms with Gasteiger partial charge in [-0.05, 0) is 31.9 Å². The largest absolute Gasteiger partial charge is 0.356 e. The fourth-order valence-electron chi connectivity index (χ4n) is 2.16. The van der Waals surface area contributed by atoms with Crippen LogP contribution >= 0.6 is 11.3 Å². The third-order valence-corrected chi connectivity index (χ3v) is 4.60. The monoisotopic (exact) mass is 360 g/mol. The lowest BCUT2D eigenvalue weighted by atomic mass is 10.2. The summed E-state index contributed by atoms with van der Waals surface area (Å²) in [5.41, 5.74) is 1.87. The van der Waals surface area contributed by atoms with Gasteiger partial charge in [0.15, 0.2) is 0 Å². The Balaban J connectivity index is 1.76. The first-order chi connectivity index (χ1) is 12.1. The average molecular weight is 360 g/mol. The lowest BCUT2D eigenvalue weighted by Gasteiger charge is -2.03. The molecule has 2 amide bonds. The van der Waals surface area contributed by atoms with Gasteiger partial charge in [0.05, 0.1) is 0 Å². The molecule has 0 radical (unpaired) electrons. The molecule has 2 rings (SSSR count). The second-order valence-corrected chi connectivity index (χ2v) is 6.94. The Hall–Kier alpha value is -2.28. The molecule has 0 aliphatic rings. The van der Waals surface area contributed by atoms with E-state index >= 15 is 0 Å². The van der Waals surface area contributed by atoms with Crippen molar-refractivity contribution in [1.29, 1.82) is 0 Å². The predicted molar refractivity (Wildman–Crippen MR) is 99.9 cm³/mol. The quantitative estimate of drug-likeness (QED) is 0.672. The Morgan fingerprint density at radius 3 is 2.60 bits per heavy atom. The van der Waals surface area contributed by atoms with E-state index in [-0.39, 0.29) is 11.8 Å². The molecule has 0 unspecified atom stereocenters. The van der Waals surface area contributed by atoms with E-state index in [1.807, 2.05) is 31.2 Å². The molecular weight excluding hydrogens is 336 g/mol. The Labute approximate surface area is 152 Å². The minimum Gasteiger partial charge on any atom is -0.356 e. The van der Waals surface area contributed by atoms with Gasteiger partial charge in [-0.1, -0.05) is 42.4 Å². The number of nitrogens with zero attached hydrogens (tertiary/aromatic N) is 2. The van der Waals surface area contributed by atoms with E-state index in [1.54, 1.807) is 0 Å². The van der Waals surface area contributed by atoms with E-state index < -0.39 is 0 Å². The molecule has 1 heterocycles. The molecule has 0 aliphatic heterocycles. The van der Waals surface area contributed by atoms with Crippen molar-refractivity contribution in [3.63, 3.8) is 0 Å². The van der Waals surface area contributed by atoms with Crippen molar-refractivity contribution >= 4 is 28.8 Å². The summed E-state index contributed by atoms with van der Waals surface area (Å²) in [6.07, 6.45) is 3.89. The molecule has 2 aromatic rings. The summed E-state index contributed by atoms with van der Waals surface area (Å²) >= 11 is 1.27. The van der Waals surface area contributed by atoms with Crippen molar-refractivity contribution in [1.82, 2.24) is 15.5 Å². The van der Waals surface area contributed by atoms with Gasteiger partial charge in [-0.3, -0.25) is 9.59 Å². The zero-order valence-electron chi connectivity index (χ0n) is 14.7. The number of aromatic nitrogens is 2. The molecule has 0 saturated carbocycles. The molecule has 0 fully saturated rings. The minimum atomic E-state index is -0.259. The first-order valence-corrected chi connectivity index (χ1v) is 9.37. The number of anilines is 1. The highest BCUT2D eigenvalue weighted by Gasteiger charge is 2.13. The number of rotatable bonds is 9. The fourth-order valence-corrected chi connectivity index (χ4v) is 2.94. The van der Waals surface area contributed by atoms with Crippen LogP contribution in [-0.2, 0) is 11.2 Å². The standard InChI is InChI=1S/C18H24N4O2S/c1-3-4-12-19-15(23)6-5-7-16-21-22-18(25-16)17(24)20-14-10-8-13(2)9-11-14/h8-11H,3-7,12H2,1-2H3,(H,19,23)(H,20,24). The highest BCUT2D eigenvalue weighted by atomic mass is 32.1. The van der Waals surface area contributed by atoms with Gasteiger partial charge in [-0.25, -0.2) is 0 Å². The van der Waals surface area contributed by atoms with Crippen LogP contribution in [0.5, 0.6) is 0 Å². The number of unbranched alkanes of at least 4 members (excludes halogenated alkanes) is 1. The lowest BCUT2D eigenvalue weighted by Crippen LogP contribution is -2.23. The maximum atomic E-state index is 12.2. The third-order valence-electron chi connectivity index (χ3n) is 3.62. The third kappa shape index (κ3) is 6.62. The molecule has 0 aliphatic carbocycles. The summed E-state index contributed by atoms with van der Waals surface area (Å²) in [6.45, 7) is 4.82. The molecule has 6 nitrogen and oxygen atoms in total. The molecular formula is C18H24N4O2S. The molecule has 0 atom stereocenters. The number of carbonyl (C=O) groups excluding carboxylic acids is 2. The highest BCUT2D eigenvalue weighted by molar-refractivity contribution is 7.13. The van der Waals surface area contributed by atoms with Gasteiger partial charge in [-0.15, -0.1) is 10.2 Å². The van der Waals surface area contributed by atoms with Crippen LogP contribution in [0.4, 0.5) is 5.69 Å². The molecule has 1 aromatic carbocycles. The summed E-state index contributed by atoms with van der Waals surface area (Å²) in [5, 5.41) is 14.8. The highest BCUT2D eigenvalue weighted by Crippen LogP contribution is 2.15. The molecule has 2 N–H and O–H groups in total. The van der Waals surface area contributed by atoms with Crippen LogP contribution in [0.1, 0.15) is 53.0 Å². The van der Waals surface area contributed by atoms with Crippen LogP contribution in [0.15, 0.2) is 24.3 Å². The second-order valence-electron chi connectivity index (χ2n) is 5.88. The lowest BCUT2D eigenvalue weighted by molar-refractivity contribution is -0.121. The normalized spacial score (nSPS) is 10.5. The van der Waals surface area contributed by atoms with Gasteiger partial charge in [0.1, 0.15) is 5.01 Å². The first kappa shape index (κ1) is 19.1. The van der Waals surface area contributed by atoms with Crippen molar-refractivity contribution in [2.75, 3.05) is 11.9 Å². The van der Waals surface area contributed by atoms with E-state index in [1.165, 1.54) is 11.3 Å². The predicted octanol–water partition coefficient (Wildman–Crippen LogP) is 3.34. The van der Waals surface area contributed by atoms with Crippen molar-refractivity contribution < 1.29 is 9.59 Å². The SMILES string of the molecule is CCCCNC(=O)CCCc1nnc(C(=O)Nc2ccc(C)cc2)s1. The maximum Gasteiger partial charge on any atom is 0.286 e. The zero-order chi connectivity index (χ0) is 18.1. The van der Waals surface area contributed by atoms with Gasteiger partial charge in [0, 0.05) is 25.1 Å². The number of hydrogen-bond acceptors (Lipinski definition) is 5. The first-order valence-electron chi connectivity index (χ1n) is 8.55. The molecule has 25 heavy (non-hydrogen) atoms. The van der Waals surface area contributed by atoms with Crippen LogP contribution in [0.25, 0.3) is 0 Å². The number of aryl methyl sites for hydroxylation is 2. The van der Waals surface area contributed by atoms with E-state index in [4.69, 9.17) is 0 Å². The smallest absolute Gasteiger partial charge is 0.286 e. The Morgan fingerprint density at radius 1 is 1.12 bits per heavy atom. The van der Waals surface area contributed by atoms with E-state index in [9.17, 15) is 9.59 Å². The van der Waals surface area contributed by atoms with Gasteiger partial charge in [0.2, 0.25) is 10.9 Å². The van der Waals surface area contributed by atoms with Crippen molar-refractivity contribution in [2.45, 2.75) is 46.0 Å². The number of benzene rings is 1. The van der Waals surface area contributed by atoms with Crippen LogP contribution in [0.3, 0.4) is 0 Å². The summed E-state index contributed by atoms with van der Waals surface area (Å²) in [7, 11) is 0. The van der Waals surface area contributed by atoms with Gasteiger partial charge < -0.3 is 10.6 Å². The molecule has 0 saturated heterocycles. The van der Waals surface area contributed by atoms with Gasteiger partial charge in [-0.2, -0.15) is 0 Å². The van der Waals surface area contributed by atoms with Crippen LogP contribution in [0.2, 0.25) is 0 Å². The van der Waals surface area contributed by atoms with Gasteiger partial charge in [0.25, 0.3) is 5.91 Å². The molecule has 1 aromatic heterocycles. The Bertz CT molecular complexity index is 697. The molecule has 134 valence electrons. The zero-order valence-corrected chi connectivity index (χ0v) is 15.5. The fraction of sp³-hybridized carbons (Fsp3) is 0.444. The van der Waals surface area contributed by atoms with E-state index in [2.05, 4.69) is 27.8 Å². The summed E-state index contributed by atoms with van der Waals surface area (Å²) < 4.78 is 0. The maximum absolute atomic E-state index is 12.2. The summed E-state index contributed by atoms with van der Waals surface area (Å²) in [5.74, 6) is -0.194. The van der Waals surface area contributed by atoms with E-state index in [0.29, 0.717) is 24.3 Å². The minimum absolute atomic E-state index is 0.0651. The van der Waals surface area contributed by atoms with Crippen LogP contribution in [0, 0.1) is 6.92 Å². The van der Waals surface area contributed by atoms with E-state index in [0.717, 1.165) is 35.6 Å². The average Bonchev–Trinajstić information content (AvgIpc) is 3.06. The molecule has 0 bridgehead atoms. The summed E-state index contributed by atoms with van der Waals surface area (Å²) in [6, 6.07) is 7.58. The Kier molecular flexibility index (Phi) is 7.53. The van der Waals surface area contributed by atoms with Crippen molar-refractivity contribution in [2.24, 2.45) is 0 Å². The topological polar surface area (TPSA) is 84.0 Å². The Morgan fingerprint density at radius 2 is 1.88 bits per heavy atom. The van der Waals surface area contributed by atoms with Crippen molar-refractivity contribution in [3.8, 4) is 0 Å². The number of hydrogen-bond donors (Lipinski definition) is 2. The van der Waals surface area contributed by atoms with Crippen LogP contribution < -0.4 is 10.6 Å². The van der Waals surface area contributed by atoms with Crippen LogP contribution in [-0.4, -0.2) is 28.6 Å². The van der Waals surface area contributed by atoms with Gasteiger partial charge >= 0.3 is 0 Å². The number of amides is 2. The molecule has 7 heteroatoms. The number of carbonyl (C=O) groups is 2. The number of nitrogens with one attached hydrogen (secondary N) is 2. The van der Waals surface area contributed by atoms with Crippen molar-refractivity contribution in [3.05, 3.63) is 39.8 Å². The second kappa shape index (κ2) is 9.88. The summed E-state index contributed by atoms with van der Waals surface area (Å²) in [4.78, 5) is 23.8. The molecule has 0 spiro atoms.